The Morgan fingerprint density at radius 3 is 2.79 bits per heavy atom. The van der Waals surface area contributed by atoms with Crippen LogP contribution in [0, 0.1) is 0 Å². The fraction of sp³-hybridized carbons (Fsp3) is 0.467. The molecular formula is C15H19BrN2O. The van der Waals surface area contributed by atoms with E-state index >= 15 is 0 Å². The Balaban J connectivity index is 1.73. The smallest absolute Gasteiger partial charge is 0.154 e. The molecule has 0 spiro atoms. The molecule has 1 saturated carbocycles. The van der Waals surface area contributed by atoms with Crippen molar-refractivity contribution < 1.29 is 4.74 Å². The fourth-order valence-electron chi connectivity index (χ4n) is 2.77. The lowest BCUT2D eigenvalue weighted by Crippen LogP contribution is -2.33. The first-order valence-corrected chi connectivity index (χ1v) is 7.65. The highest BCUT2D eigenvalue weighted by molar-refractivity contribution is 9.10. The summed E-state index contributed by atoms with van der Waals surface area (Å²) in [6.07, 6.45) is 8.58. The number of nitrogens with one attached hydrogen (secondary N) is 1. The highest BCUT2D eigenvalue weighted by atomic mass is 79.9. The largest absolute Gasteiger partial charge is 0.362 e. The molecule has 2 aliphatic rings. The molecule has 1 aliphatic carbocycles. The van der Waals surface area contributed by atoms with Gasteiger partial charge in [-0.15, -0.1) is 0 Å². The monoisotopic (exact) mass is 322 g/mol. The number of ether oxygens (including phenoxy) is 1. The van der Waals surface area contributed by atoms with Crippen molar-refractivity contribution >= 4 is 22.0 Å². The zero-order chi connectivity index (χ0) is 13.2. The van der Waals surface area contributed by atoms with E-state index in [2.05, 4.69) is 45.5 Å². The van der Waals surface area contributed by atoms with E-state index in [0.29, 0.717) is 12.1 Å². The molecule has 3 N–H and O–H groups in total. The molecule has 1 unspecified atom stereocenters. The Bertz CT molecular complexity index is 481. The molecule has 4 heteroatoms. The van der Waals surface area contributed by atoms with Crippen LogP contribution in [-0.4, -0.2) is 12.1 Å². The van der Waals surface area contributed by atoms with Gasteiger partial charge in [-0.1, -0.05) is 22.0 Å². The molecule has 19 heavy (non-hydrogen) atoms. The van der Waals surface area contributed by atoms with Gasteiger partial charge in [0.05, 0.1) is 6.10 Å². The van der Waals surface area contributed by atoms with Gasteiger partial charge in [0.15, 0.2) is 6.23 Å². The van der Waals surface area contributed by atoms with Crippen LogP contribution < -0.4 is 11.1 Å². The quantitative estimate of drug-likeness (QED) is 0.878. The number of hydrogen-bond donors (Lipinski definition) is 2. The Morgan fingerprint density at radius 2 is 2.00 bits per heavy atom. The van der Waals surface area contributed by atoms with Crippen molar-refractivity contribution in [2.75, 3.05) is 0 Å². The van der Waals surface area contributed by atoms with Crippen LogP contribution in [0.3, 0.4) is 0 Å². The lowest BCUT2D eigenvalue weighted by Gasteiger charge is -2.32. The van der Waals surface area contributed by atoms with Crippen LogP contribution in [0.15, 0.2) is 28.9 Å². The molecule has 1 aromatic rings. The molecule has 1 atom stereocenters. The van der Waals surface area contributed by atoms with Crippen molar-refractivity contribution in [3.63, 3.8) is 0 Å². The van der Waals surface area contributed by atoms with Crippen molar-refractivity contribution in [1.29, 1.82) is 0 Å². The third kappa shape index (κ3) is 3.02. The Hall–Kier alpha value is -0.840. The van der Waals surface area contributed by atoms with E-state index in [0.717, 1.165) is 30.2 Å². The van der Waals surface area contributed by atoms with Gasteiger partial charge in [0.1, 0.15) is 0 Å². The van der Waals surface area contributed by atoms with Gasteiger partial charge < -0.3 is 15.8 Å². The van der Waals surface area contributed by atoms with Gasteiger partial charge in [-0.05, 0) is 55.7 Å². The maximum Gasteiger partial charge on any atom is 0.154 e. The van der Waals surface area contributed by atoms with Crippen LogP contribution in [0.1, 0.15) is 43.0 Å². The first-order chi connectivity index (χ1) is 9.22. The van der Waals surface area contributed by atoms with Crippen molar-refractivity contribution in [2.24, 2.45) is 5.73 Å². The summed E-state index contributed by atoms with van der Waals surface area (Å²) in [4.78, 5) is 0. The van der Waals surface area contributed by atoms with Gasteiger partial charge in [-0.3, -0.25) is 0 Å². The Morgan fingerprint density at radius 1 is 1.21 bits per heavy atom. The summed E-state index contributed by atoms with van der Waals surface area (Å²) < 4.78 is 7.31. The second-order valence-electron chi connectivity index (χ2n) is 5.33. The third-order valence-electron chi connectivity index (χ3n) is 3.89. The van der Waals surface area contributed by atoms with Crippen LogP contribution in [0.5, 0.6) is 0 Å². The predicted octanol–water partition coefficient (Wildman–Crippen LogP) is 3.31. The average molecular weight is 323 g/mol. The molecule has 3 rings (SSSR count). The standard InChI is InChI=1S/C15H19BrN2O/c16-11-2-1-10-7-8-18-15(14(10)9-11)19-13-5-3-12(17)4-6-13/h1-2,7-9,12-13,15,18H,3-6,17H2. The topological polar surface area (TPSA) is 47.3 Å². The Kier molecular flexibility index (Phi) is 3.91. The fourth-order valence-corrected chi connectivity index (χ4v) is 3.15. The van der Waals surface area contributed by atoms with E-state index in [-0.39, 0.29) is 6.23 Å². The van der Waals surface area contributed by atoms with Crippen LogP contribution in [0.2, 0.25) is 0 Å². The van der Waals surface area contributed by atoms with Gasteiger partial charge >= 0.3 is 0 Å². The Labute approximate surface area is 122 Å². The zero-order valence-electron chi connectivity index (χ0n) is 10.8. The number of hydrogen-bond acceptors (Lipinski definition) is 3. The normalized spacial score (nSPS) is 29.7. The van der Waals surface area contributed by atoms with E-state index in [1.54, 1.807) is 0 Å². The number of nitrogens with two attached hydrogens (primary N) is 1. The van der Waals surface area contributed by atoms with Crippen LogP contribution in [-0.2, 0) is 4.74 Å². The number of benzene rings is 1. The molecule has 3 nitrogen and oxygen atoms in total. The third-order valence-corrected chi connectivity index (χ3v) is 4.38. The molecule has 1 heterocycles. The molecule has 0 aromatic heterocycles. The zero-order valence-corrected chi connectivity index (χ0v) is 12.4. The summed E-state index contributed by atoms with van der Waals surface area (Å²) in [6.45, 7) is 0. The molecule has 1 fully saturated rings. The molecule has 1 aromatic carbocycles. The number of halogens is 1. The SMILES string of the molecule is NC1CCC(OC2NC=Cc3ccc(Br)cc32)CC1. The summed E-state index contributed by atoms with van der Waals surface area (Å²) >= 11 is 3.53. The lowest BCUT2D eigenvalue weighted by atomic mass is 9.93. The predicted molar refractivity (Wildman–Crippen MR) is 80.4 cm³/mol. The maximum atomic E-state index is 6.22. The summed E-state index contributed by atoms with van der Waals surface area (Å²) in [5, 5.41) is 3.31. The van der Waals surface area contributed by atoms with Gasteiger partial charge in [-0.2, -0.15) is 0 Å². The van der Waals surface area contributed by atoms with Gasteiger partial charge in [0.2, 0.25) is 0 Å². The molecule has 0 bridgehead atoms. The molecule has 1 aliphatic heterocycles. The second kappa shape index (κ2) is 5.65. The van der Waals surface area contributed by atoms with E-state index in [9.17, 15) is 0 Å². The molecular weight excluding hydrogens is 304 g/mol. The number of rotatable bonds is 2. The van der Waals surface area contributed by atoms with Crippen LogP contribution >= 0.6 is 15.9 Å². The van der Waals surface area contributed by atoms with E-state index in [4.69, 9.17) is 10.5 Å². The van der Waals surface area contributed by atoms with Gasteiger partial charge in [0.25, 0.3) is 0 Å². The summed E-state index contributed by atoms with van der Waals surface area (Å²) in [5.41, 5.74) is 8.36. The van der Waals surface area contributed by atoms with Crippen molar-refractivity contribution in [2.45, 2.75) is 44.1 Å². The second-order valence-corrected chi connectivity index (χ2v) is 6.24. The molecule has 0 saturated heterocycles. The first-order valence-electron chi connectivity index (χ1n) is 6.85. The molecule has 0 amide bonds. The molecule has 102 valence electrons. The average Bonchev–Trinajstić information content (AvgIpc) is 2.42. The van der Waals surface area contributed by atoms with Crippen LogP contribution in [0.25, 0.3) is 6.08 Å². The van der Waals surface area contributed by atoms with Crippen molar-refractivity contribution in [3.05, 3.63) is 40.0 Å². The maximum absolute atomic E-state index is 6.22. The summed E-state index contributed by atoms with van der Waals surface area (Å²) in [6, 6.07) is 6.67. The van der Waals surface area contributed by atoms with Crippen molar-refractivity contribution in [3.8, 4) is 0 Å². The minimum absolute atomic E-state index is 0.0446. The van der Waals surface area contributed by atoms with E-state index in [1.807, 2.05) is 6.20 Å². The lowest BCUT2D eigenvalue weighted by molar-refractivity contribution is -0.0442. The van der Waals surface area contributed by atoms with Gasteiger partial charge in [0, 0.05) is 16.1 Å². The summed E-state index contributed by atoms with van der Waals surface area (Å²) in [7, 11) is 0. The highest BCUT2D eigenvalue weighted by Gasteiger charge is 2.25. The van der Waals surface area contributed by atoms with Gasteiger partial charge in [-0.25, -0.2) is 0 Å². The minimum atomic E-state index is -0.0446. The van der Waals surface area contributed by atoms with Crippen LogP contribution in [0.4, 0.5) is 0 Å². The van der Waals surface area contributed by atoms with E-state index < -0.39 is 0 Å². The van der Waals surface area contributed by atoms with E-state index in [1.165, 1.54) is 11.1 Å². The van der Waals surface area contributed by atoms with Crippen molar-refractivity contribution in [1.82, 2.24) is 5.32 Å². The highest BCUT2D eigenvalue weighted by Crippen LogP contribution is 2.31. The first kappa shape index (κ1) is 13.2. The molecule has 0 radical (unpaired) electrons. The minimum Gasteiger partial charge on any atom is -0.362 e. The summed E-state index contributed by atoms with van der Waals surface area (Å²) in [5.74, 6) is 0. The number of fused-ring (bicyclic) bond motifs is 1.